The average molecular weight is 928 g/mol. The summed E-state index contributed by atoms with van der Waals surface area (Å²) in [7, 11) is 9.08. The number of H-pyrrole nitrogens is 4. The number of nitrogens with zero attached hydrogens (tertiary/aromatic N) is 10. The largest absolute Gasteiger partial charge is 1.00 e. The van der Waals surface area contributed by atoms with E-state index in [9.17, 15) is 19.2 Å². The van der Waals surface area contributed by atoms with Crippen molar-refractivity contribution in [3.63, 3.8) is 0 Å². The van der Waals surface area contributed by atoms with Crippen LogP contribution >= 0.6 is 0 Å². The number of piperidine rings is 2. The molecule has 4 N–H and O–H groups in total. The van der Waals surface area contributed by atoms with Gasteiger partial charge in [0.25, 0.3) is 0 Å². The summed E-state index contributed by atoms with van der Waals surface area (Å²) < 4.78 is 17.1. The minimum absolute atomic E-state index is 0. The zero-order valence-electron chi connectivity index (χ0n) is 33.7. The van der Waals surface area contributed by atoms with Crippen LogP contribution in [0.2, 0.25) is 0 Å². The maximum Gasteiger partial charge on any atom is 0.348 e. The molecule has 2 fully saturated rings. The van der Waals surface area contributed by atoms with Crippen molar-refractivity contribution in [2.24, 2.45) is 11.0 Å². The third-order valence-electron chi connectivity index (χ3n) is 10.2. The fraction of sp³-hybridized carbons (Fsp3) is 0.474. The zero-order valence-corrected chi connectivity index (χ0v) is 35.9. The van der Waals surface area contributed by atoms with E-state index in [-0.39, 0.29) is 37.1 Å². The summed E-state index contributed by atoms with van der Waals surface area (Å²) in [5, 5.41) is 20.8. The third kappa shape index (κ3) is 13.4. The molecule has 20 nitrogen and oxygen atoms in total. The van der Waals surface area contributed by atoms with Gasteiger partial charge in [-0.3, -0.25) is 0 Å². The molecule has 0 aliphatic carbocycles. The molecule has 316 valence electrons. The molecule has 3 aromatic heterocycles. The first-order valence-corrected chi connectivity index (χ1v) is 19.0. The molecular formula is C38H52IN14O6+. The highest BCUT2D eigenvalue weighted by Gasteiger charge is 2.29. The first-order chi connectivity index (χ1) is 27.8. The average Bonchev–Trinajstić information content (AvgIpc) is 3.92. The monoisotopic (exact) mass is 927 g/mol. The van der Waals surface area contributed by atoms with Gasteiger partial charge in [0.1, 0.15) is 18.1 Å². The summed E-state index contributed by atoms with van der Waals surface area (Å²) in [5.41, 5.74) is 7.96. The highest BCUT2D eigenvalue weighted by molar-refractivity contribution is 5.37. The molecule has 2 aliphatic rings. The Hall–Kier alpha value is -5.82. The lowest BCUT2D eigenvalue weighted by Crippen LogP contribution is -3.00. The van der Waals surface area contributed by atoms with E-state index in [0.29, 0.717) is 47.9 Å². The van der Waals surface area contributed by atoms with Crippen LogP contribution in [0, 0.1) is 18.3 Å². The lowest BCUT2D eigenvalue weighted by Gasteiger charge is -2.36. The fourth-order valence-electron chi connectivity index (χ4n) is 6.59. The Morgan fingerprint density at radius 1 is 0.763 bits per heavy atom. The smallest absolute Gasteiger partial charge is 0.348 e. The molecule has 2 saturated heterocycles. The molecule has 0 bridgehead atoms. The number of hydrogen-bond donors (Lipinski definition) is 4. The zero-order chi connectivity index (χ0) is 41.7. The number of azide groups is 1. The van der Waals surface area contributed by atoms with Crippen molar-refractivity contribution < 1.29 is 42.4 Å². The second-order valence-corrected chi connectivity index (χ2v) is 15.4. The van der Waals surface area contributed by atoms with Crippen LogP contribution in [0.3, 0.4) is 0 Å². The molecule has 2 aliphatic heterocycles. The SMILES string of the molecule is C#CC1CC[N+](C)(C)CC1.C[N+]1(C)CCC(c2cn(CCOc3ccc(-n4c(=O)[nH][nH]c4=O)cc3)nn2)CC1.[I-].[N-]=[N+]=NCCOc1ccc(-n2c(=O)[nH][nH]c2=O)cc1. The molecule has 0 radical (unpaired) electrons. The van der Waals surface area contributed by atoms with Crippen LogP contribution in [-0.2, 0) is 6.54 Å². The normalized spacial score (nSPS) is 15.8. The van der Waals surface area contributed by atoms with Crippen molar-refractivity contribution in [1.29, 1.82) is 0 Å². The first-order valence-electron chi connectivity index (χ1n) is 19.0. The second-order valence-electron chi connectivity index (χ2n) is 15.4. The van der Waals surface area contributed by atoms with Gasteiger partial charge >= 0.3 is 22.8 Å². The maximum atomic E-state index is 11.6. The fourth-order valence-corrected chi connectivity index (χ4v) is 6.59. The molecule has 0 unspecified atom stereocenters. The van der Waals surface area contributed by atoms with Gasteiger partial charge < -0.3 is 42.4 Å². The Balaban J connectivity index is 0.000000220. The Morgan fingerprint density at radius 3 is 1.64 bits per heavy atom. The van der Waals surface area contributed by atoms with E-state index < -0.39 is 22.8 Å². The van der Waals surface area contributed by atoms with E-state index >= 15 is 0 Å². The van der Waals surface area contributed by atoms with Gasteiger partial charge in [-0.25, -0.2) is 53.4 Å². The van der Waals surface area contributed by atoms with Crippen LogP contribution in [-0.4, -0.2) is 128 Å². The minimum Gasteiger partial charge on any atom is -1.00 e. The highest BCUT2D eigenvalue weighted by atomic mass is 127. The van der Waals surface area contributed by atoms with Crippen molar-refractivity contribution in [3.05, 3.63) is 113 Å². The van der Waals surface area contributed by atoms with E-state index in [1.54, 1.807) is 48.5 Å². The van der Waals surface area contributed by atoms with Gasteiger partial charge in [0, 0.05) is 48.6 Å². The van der Waals surface area contributed by atoms with E-state index in [1.807, 2.05) is 10.9 Å². The lowest BCUT2D eigenvalue weighted by atomic mass is 9.93. The number of benzene rings is 2. The number of halogens is 1. The number of aromatic nitrogens is 9. The van der Waals surface area contributed by atoms with Crippen LogP contribution in [0.1, 0.15) is 37.3 Å². The topological polar surface area (TPSA) is 239 Å². The summed E-state index contributed by atoms with van der Waals surface area (Å²) >= 11 is 0. The Kier molecular flexibility index (Phi) is 16.5. The standard InChI is InChI=1S/C19H25N7O3.C10H10N6O3.C9H16N.HI/c1-26(2)10-7-14(8-11-26)17-13-24(23-20-17)9-12-29-16-5-3-15(4-6-16)25-18(27)21-22-19(25)28;11-15-12-5-6-19-8-3-1-7(2-4-8)16-9(17)13-14-10(16)18;1-4-9-5-7-10(2,3)8-6-9;/h3-6,13-14H,7-12H2,1-2H3,(H-,20,21,22,23,27,28);1-4H,5-6H2,(H,13,17)(H,14,18);1,9H,5-8H2,2-3H3;1H/q;;+1;. The van der Waals surface area contributed by atoms with Gasteiger partial charge in [-0.2, -0.15) is 0 Å². The molecule has 5 heterocycles. The van der Waals surface area contributed by atoms with Gasteiger partial charge in [-0.15, -0.1) is 17.4 Å². The number of ether oxygens (including phenoxy) is 2. The molecular weight excluding hydrogens is 875 g/mol. The quantitative estimate of drug-likeness (QED) is 0.0247. The van der Waals surface area contributed by atoms with Gasteiger partial charge in [0.15, 0.2) is 0 Å². The molecule has 2 aromatic carbocycles. The van der Waals surface area contributed by atoms with Crippen molar-refractivity contribution in [2.75, 3.05) is 74.1 Å². The van der Waals surface area contributed by atoms with Crippen molar-refractivity contribution in [3.8, 4) is 35.2 Å². The maximum absolute atomic E-state index is 11.6. The second kappa shape index (κ2) is 21.3. The summed E-state index contributed by atoms with van der Waals surface area (Å²) in [4.78, 5) is 48.6. The van der Waals surface area contributed by atoms with E-state index in [2.05, 4.69) is 74.8 Å². The molecule has 0 spiro atoms. The van der Waals surface area contributed by atoms with Crippen LogP contribution < -0.4 is 56.2 Å². The minimum atomic E-state index is -0.540. The van der Waals surface area contributed by atoms with Crippen LogP contribution in [0.4, 0.5) is 0 Å². The first kappa shape index (κ1) is 45.9. The molecule has 59 heavy (non-hydrogen) atoms. The predicted octanol–water partition coefficient (Wildman–Crippen LogP) is -0.869. The number of hydrogen-bond acceptors (Lipinski definition) is 9. The van der Waals surface area contributed by atoms with Crippen LogP contribution in [0.5, 0.6) is 11.5 Å². The van der Waals surface area contributed by atoms with Gasteiger partial charge in [0.2, 0.25) is 0 Å². The molecule has 0 atom stereocenters. The van der Waals surface area contributed by atoms with Gasteiger partial charge in [-0.1, -0.05) is 10.3 Å². The van der Waals surface area contributed by atoms with Crippen molar-refractivity contribution >= 4 is 0 Å². The Morgan fingerprint density at radius 2 is 1.20 bits per heavy atom. The summed E-state index contributed by atoms with van der Waals surface area (Å²) in [6.07, 6.45) is 12.1. The summed E-state index contributed by atoms with van der Waals surface area (Å²) in [5.74, 6) is 5.09. The number of rotatable bonds is 11. The van der Waals surface area contributed by atoms with E-state index in [4.69, 9.17) is 21.4 Å². The summed E-state index contributed by atoms with van der Waals surface area (Å²) in [6.45, 7) is 6.35. The molecule has 0 amide bonds. The van der Waals surface area contributed by atoms with Crippen molar-refractivity contribution in [2.45, 2.75) is 38.1 Å². The van der Waals surface area contributed by atoms with E-state index in [1.165, 1.54) is 25.9 Å². The number of quaternary nitrogens is 2. The Bertz CT molecular complexity index is 2330. The van der Waals surface area contributed by atoms with Crippen LogP contribution in [0.15, 0.2) is 79.0 Å². The molecule has 0 saturated carbocycles. The Labute approximate surface area is 356 Å². The van der Waals surface area contributed by atoms with Gasteiger partial charge in [0.05, 0.1) is 91.1 Å². The van der Waals surface area contributed by atoms with Crippen LogP contribution in [0.25, 0.3) is 21.8 Å². The number of terminal acetylenes is 1. The molecule has 5 aromatic rings. The van der Waals surface area contributed by atoms with E-state index in [0.717, 1.165) is 49.7 Å². The lowest BCUT2D eigenvalue weighted by molar-refractivity contribution is -0.895. The number of nitrogens with one attached hydrogen (secondary N) is 4. The predicted molar refractivity (Wildman–Crippen MR) is 216 cm³/mol. The number of aromatic amines is 4. The van der Waals surface area contributed by atoms with Crippen molar-refractivity contribution in [1.82, 2.24) is 44.5 Å². The molecule has 21 heteroatoms. The van der Waals surface area contributed by atoms with Gasteiger partial charge in [-0.05, 0) is 54.1 Å². The third-order valence-corrected chi connectivity index (χ3v) is 10.2. The summed E-state index contributed by atoms with van der Waals surface area (Å²) in [6, 6.07) is 13.2. The molecule has 7 rings (SSSR count). The highest BCUT2D eigenvalue weighted by Crippen LogP contribution is 2.28. The number of likely N-dealkylation sites (tertiary alicyclic amines) is 2.